The molecule has 7 atom stereocenters. The fraction of sp³-hybridized carbons (Fsp3) is 0.406. The van der Waals surface area contributed by atoms with Crippen LogP contribution in [0.15, 0.2) is 113 Å². The maximum atomic E-state index is 14.3. The minimum absolute atomic E-state index is 0.00295. The Morgan fingerprint density at radius 3 is 2.58 bits per heavy atom. The van der Waals surface area contributed by atoms with Gasteiger partial charge in [0.05, 0.1) is 19.6 Å². The second-order valence-electron chi connectivity index (χ2n) is 21.1. The molecule has 5 aromatic rings. The molecule has 10 bridgehead atoms. The number of ether oxygens (including phenoxy) is 4. The SMILES string of the molecule is CCOCCc1cccc(C2CCC3=CC(CC(CO)CCc4cccc(NC(N)=NC)c4)C(C=C3O)CC3CC(=O)CCc4ccc(OC)c(c4)OCc4c(C(O)O)cc5c(c(O)cc6c5c4C=CC6C)C2C#CO3)c1. The molecule has 0 radical (unpaired) electrons. The van der Waals surface area contributed by atoms with Gasteiger partial charge in [-0.25, -0.2) is 0 Å². The lowest BCUT2D eigenvalue weighted by atomic mass is 9.72. The van der Waals surface area contributed by atoms with Crippen molar-refractivity contribution in [2.24, 2.45) is 28.5 Å². The summed E-state index contributed by atoms with van der Waals surface area (Å²) in [4.78, 5) is 18.3. The number of ketones is 1. The first-order valence-corrected chi connectivity index (χ1v) is 27.2. The molecule has 404 valence electrons. The van der Waals surface area contributed by atoms with E-state index in [0.717, 1.165) is 50.0 Å². The Morgan fingerprint density at radius 1 is 0.987 bits per heavy atom. The van der Waals surface area contributed by atoms with E-state index in [2.05, 4.69) is 59.6 Å². The number of aromatic hydroxyl groups is 1. The number of carbonyl (C=O) groups excluding carboxylic acids is 1. The van der Waals surface area contributed by atoms with Crippen LogP contribution in [0.3, 0.4) is 0 Å². The molecule has 11 rings (SSSR count). The third-order valence-electron chi connectivity index (χ3n) is 16.1. The summed E-state index contributed by atoms with van der Waals surface area (Å²) in [6.45, 7) is 5.09. The van der Waals surface area contributed by atoms with Gasteiger partial charge in [-0.3, -0.25) is 9.79 Å². The zero-order chi connectivity index (χ0) is 54.2. The summed E-state index contributed by atoms with van der Waals surface area (Å²) in [5.41, 5.74) is 14.4. The summed E-state index contributed by atoms with van der Waals surface area (Å²) in [5.74, 6) is 3.17. The lowest BCUT2D eigenvalue weighted by Gasteiger charge is -2.32. The number of aliphatic hydroxyl groups is 4. The maximum absolute atomic E-state index is 14.3. The number of benzene rings is 5. The van der Waals surface area contributed by atoms with E-state index in [4.69, 9.17) is 24.7 Å². The van der Waals surface area contributed by atoms with E-state index in [1.54, 1.807) is 20.2 Å². The number of hydrogen-bond acceptors (Lipinski definition) is 11. The molecule has 7 unspecified atom stereocenters. The monoisotopic (exact) mass is 1040 g/mol. The first kappa shape index (κ1) is 54.7. The molecular weight excluding hydrogens is 971 g/mol. The molecule has 0 saturated heterocycles. The predicted molar refractivity (Wildman–Crippen MR) is 301 cm³/mol. The molecule has 2 aliphatic carbocycles. The normalized spacial score (nSPS) is 21.9. The molecule has 8 N–H and O–H groups in total. The van der Waals surface area contributed by atoms with Gasteiger partial charge in [0.15, 0.2) is 23.7 Å². The summed E-state index contributed by atoms with van der Waals surface area (Å²) in [6, 6.07) is 25.5. The number of rotatable bonds is 14. The van der Waals surface area contributed by atoms with Crippen LogP contribution >= 0.6 is 0 Å². The number of methoxy groups -OCH3 is 1. The minimum Gasteiger partial charge on any atom is -0.508 e. The van der Waals surface area contributed by atoms with E-state index >= 15 is 0 Å². The van der Waals surface area contributed by atoms with Crippen LogP contribution in [0.4, 0.5) is 5.69 Å². The number of hydrogen-bond donors (Lipinski definition) is 7. The highest BCUT2D eigenvalue weighted by atomic mass is 16.5. The molecule has 13 heteroatoms. The number of aryl methyl sites for hydroxylation is 2. The number of carbonyl (C=O) groups is 1. The molecule has 0 spiro atoms. The van der Waals surface area contributed by atoms with Crippen LogP contribution in [-0.2, 0) is 40.1 Å². The third-order valence-corrected chi connectivity index (χ3v) is 16.1. The number of fused-ring (bicyclic) bond motifs is 8. The maximum Gasteiger partial charge on any atom is 0.192 e. The molecule has 6 aliphatic rings. The molecule has 4 aliphatic heterocycles. The van der Waals surface area contributed by atoms with Gasteiger partial charge < -0.3 is 55.5 Å². The molecule has 77 heavy (non-hydrogen) atoms. The van der Waals surface area contributed by atoms with E-state index in [0.29, 0.717) is 98.6 Å². The molecule has 0 amide bonds. The Balaban J connectivity index is 1.20. The van der Waals surface area contributed by atoms with Crippen molar-refractivity contribution in [3.8, 4) is 29.3 Å². The third kappa shape index (κ3) is 12.7. The largest absolute Gasteiger partial charge is 0.508 e. The van der Waals surface area contributed by atoms with Crippen molar-refractivity contribution in [2.45, 2.75) is 115 Å². The highest BCUT2D eigenvalue weighted by Gasteiger charge is 2.36. The Bertz CT molecular complexity index is 3150. The van der Waals surface area contributed by atoms with Crippen LogP contribution in [0, 0.1) is 29.8 Å². The number of aliphatic hydroxyl groups excluding tert-OH is 3. The number of nitrogens with two attached hydrogens (primary N) is 1. The van der Waals surface area contributed by atoms with Gasteiger partial charge in [-0.1, -0.05) is 73.5 Å². The van der Waals surface area contributed by atoms with Crippen LogP contribution in [0.1, 0.15) is 133 Å². The molecule has 5 aromatic carbocycles. The summed E-state index contributed by atoms with van der Waals surface area (Å²) in [6.07, 6.45) is 13.3. The number of nitrogens with zero attached hydrogens (tertiary/aromatic N) is 1. The van der Waals surface area contributed by atoms with E-state index < -0.39 is 24.2 Å². The highest BCUT2D eigenvalue weighted by Crippen LogP contribution is 2.50. The lowest BCUT2D eigenvalue weighted by molar-refractivity contribution is -0.121. The van der Waals surface area contributed by atoms with Gasteiger partial charge in [-0.2, -0.15) is 0 Å². The van der Waals surface area contributed by atoms with Crippen molar-refractivity contribution >= 4 is 34.3 Å². The van der Waals surface area contributed by atoms with Crippen LogP contribution in [0.2, 0.25) is 0 Å². The standard InChI is InChI=1S/C64H73N3O10/c1-5-75-24-22-40-8-6-10-43(26-40)50-20-17-44-30-45(27-42(36-68)14-13-39-9-7-11-47(28-39)67-64(65)66-3)46(32-57(44)70)31-49-33-48(69)18-15-41-16-21-59(74-4)60(29-41)77-37-56-51-19-12-38(2)53-35-58(71)62(52(50)23-25-76-49)55(61(51)53)34-54(56)63(72)73/h6-12,16,19,21,26,28-30,32,34-35,38,42,45-46,49-50,52,63,68,70-73H,5,13-15,17-18,20,22,24,27,31,33,36-37H2,1-4H3,(H3,65,66,67). The van der Waals surface area contributed by atoms with Crippen molar-refractivity contribution in [2.75, 3.05) is 39.3 Å². The zero-order valence-corrected chi connectivity index (χ0v) is 44.6. The van der Waals surface area contributed by atoms with Crippen molar-refractivity contribution in [3.05, 3.63) is 158 Å². The number of Topliss-reactive ketones (excluding diaryl/α,β-unsaturated/α-hetero) is 1. The molecule has 0 saturated carbocycles. The number of phenolic OH excluding ortho intramolecular Hbond substituents is 1. The Kier molecular flexibility index (Phi) is 17.7. The first-order valence-electron chi connectivity index (χ1n) is 27.2. The van der Waals surface area contributed by atoms with E-state index in [9.17, 15) is 30.3 Å². The number of anilines is 1. The van der Waals surface area contributed by atoms with Crippen molar-refractivity contribution in [3.63, 3.8) is 0 Å². The molecular formula is C64H73N3O10. The minimum atomic E-state index is -1.91. The van der Waals surface area contributed by atoms with Crippen LogP contribution in [-0.4, -0.2) is 77.4 Å². The Morgan fingerprint density at radius 2 is 1.81 bits per heavy atom. The van der Waals surface area contributed by atoms with Gasteiger partial charge in [0.2, 0.25) is 0 Å². The Labute approximate surface area is 452 Å². The van der Waals surface area contributed by atoms with Gasteiger partial charge in [-0.05, 0) is 168 Å². The smallest absolute Gasteiger partial charge is 0.192 e. The van der Waals surface area contributed by atoms with Crippen LogP contribution in [0.25, 0.3) is 16.8 Å². The summed E-state index contributed by atoms with van der Waals surface area (Å²) >= 11 is 0. The van der Waals surface area contributed by atoms with Crippen molar-refractivity contribution in [1.82, 2.24) is 0 Å². The lowest BCUT2D eigenvalue weighted by Crippen LogP contribution is -2.27. The summed E-state index contributed by atoms with van der Waals surface area (Å²) < 4.78 is 24.8. The molecule has 0 fully saturated rings. The first-order chi connectivity index (χ1) is 37.3. The molecule has 4 heterocycles. The topological polar surface area (TPSA) is 206 Å². The predicted octanol–water partition coefficient (Wildman–Crippen LogP) is 10.7. The van der Waals surface area contributed by atoms with Crippen molar-refractivity contribution in [1.29, 1.82) is 0 Å². The van der Waals surface area contributed by atoms with Crippen molar-refractivity contribution < 1.29 is 49.3 Å². The number of allylic oxidation sites excluding steroid dienone is 4. The molecule has 13 nitrogen and oxygen atoms in total. The number of guanidine groups is 1. The number of nitrogens with one attached hydrogen (secondary N) is 1. The summed E-state index contributed by atoms with van der Waals surface area (Å²) in [7, 11) is 3.19. The highest BCUT2D eigenvalue weighted by molar-refractivity contribution is 6.01. The van der Waals surface area contributed by atoms with E-state index in [-0.39, 0.29) is 72.6 Å². The van der Waals surface area contributed by atoms with Gasteiger partial charge >= 0.3 is 0 Å². The summed E-state index contributed by atoms with van der Waals surface area (Å²) in [5, 5.41) is 62.9. The zero-order valence-electron chi connectivity index (χ0n) is 44.6. The second-order valence-corrected chi connectivity index (χ2v) is 21.1. The average Bonchev–Trinajstić information content (AvgIpc) is 3.55. The van der Waals surface area contributed by atoms with E-state index in [1.165, 1.54) is 0 Å². The number of aliphatic imine (C=N–C) groups is 1. The van der Waals surface area contributed by atoms with Gasteiger partial charge in [0.25, 0.3) is 0 Å². The fourth-order valence-corrected chi connectivity index (χ4v) is 11.9. The fourth-order valence-electron chi connectivity index (χ4n) is 11.9. The number of phenols is 1. The average molecular weight is 1040 g/mol. The van der Waals surface area contributed by atoms with Gasteiger partial charge in [-0.15, -0.1) is 0 Å². The van der Waals surface area contributed by atoms with Crippen LogP contribution < -0.4 is 20.5 Å². The molecule has 0 aromatic heterocycles. The van der Waals surface area contributed by atoms with Gasteiger partial charge in [0.1, 0.15) is 36.1 Å². The second kappa shape index (κ2) is 24.9. The van der Waals surface area contributed by atoms with Gasteiger partial charge in [0, 0.05) is 67.3 Å². The van der Waals surface area contributed by atoms with Crippen LogP contribution in [0.5, 0.6) is 17.2 Å². The van der Waals surface area contributed by atoms with E-state index in [1.807, 2.05) is 73.7 Å². The quantitative estimate of drug-likeness (QED) is 0.0182. The Hall–Kier alpha value is -7.08.